The van der Waals surface area contributed by atoms with Gasteiger partial charge in [-0.2, -0.15) is 11.8 Å². The highest BCUT2D eigenvalue weighted by molar-refractivity contribution is 8.00. The smallest absolute Gasteiger partial charge is 0.315 e. The summed E-state index contributed by atoms with van der Waals surface area (Å²) in [5, 5.41) is 6.59. The average molecular weight is 226 g/mol. The second kappa shape index (κ2) is 4.92. The molecule has 0 radical (unpaired) electrons. The number of nitrogens with one attached hydrogen (secondary N) is 2. The third kappa shape index (κ3) is 2.48. The van der Waals surface area contributed by atoms with Crippen LogP contribution in [0.3, 0.4) is 0 Å². The van der Waals surface area contributed by atoms with Crippen LogP contribution in [0.25, 0.3) is 0 Å². The number of amides is 2. The molecule has 0 aromatic heterocycles. The third-order valence-electron chi connectivity index (χ3n) is 3.09. The maximum absolute atomic E-state index is 11.1. The van der Waals surface area contributed by atoms with Crippen LogP contribution in [0.15, 0.2) is 12.7 Å². The predicted octanol–water partition coefficient (Wildman–Crippen LogP) is 1.90. The second-order valence-corrected chi connectivity index (χ2v) is 5.47. The Morgan fingerprint density at radius 1 is 1.47 bits per heavy atom. The molecule has 3 nitrogen and oxygen atoms in total. The van der Waals surface area contributed by atoms with Gasteiger partial charge in [0.1, 0.15) is 0 Å². The normalized spacial score (nSPS) is 33.3. The number of carbonyl (C=O) groups excluding carboxylic acids is 1. The quantitative estimate of drug-likeness (QED) is 0.427. The van der Waals surface area contributed by atoms with Gasteiger partial charge in [-0.15, -0.1) is 6.58 Å². The number of hydrogen-bond donors (Lipinski definition) is 2. The highest BCUT2D eigenvalue weighted by Crippen LogP contribution is 2.33. The fraction of sp³-hybridized carbons (Fsp3) is 0.727. The molecule has 0 bridgehead atoms. The molecule has 2 saturated heterocycles. The summed E-state index contributed by atoms with van der Waals surface area (Å²) >= 11 is 1.99. The van der Waals surface area contributed by atoms with Gasteiger partial charge >= 0.3 is 6.03 Å². The highest BCUT2D eigenvalue weighted by Gasteiger charge is 2.42. The van der Waals surface area contributed by atoms with Gasteiger partial charge in [0.05, 0.1) is 12.1 Å². The molecule has 2 fully saturated rings. The van der Waals surface area contributed by atoms with Crippen LogP contribution >= 0.6 is 11.8 Å². The van der Waals surface area contributed by atoms with Crippen LogP contribution in [0.2, 0.25) is 0 Å². The van der Waals surface area contributed by atoms with E-state index in [9.17, 15) is 4.79 Å². The van der Waals surface area contributed by atoms with Crippen molar-refractivity contribution in [3.63, 3.8) is 0 Å². The lowest BCUT2D eigenvalue weighted by molar-refractivity contribution is 0.247. The van der Waals surface area contributed by atoms with Crippen LogP contribution < -0.4 is 10.6 Å². The molecule has 2 heterocycles. The standard InChI is InChI=1S/C11H18N2OS/c1-2-3-4-5-6-9-10-8(7-15-9)12-11(14)13-10/h2,8-10H,1,3-7H2,(H2,12,13,14). The van der Waals surface area contributed by atoms with Gasteiger partial charge in [0.25, 0.3) is 0 Å². The summed E-state index contributed by atoms with van der Waals surface area (Å²) in [5.74, 6) is 1.07. The van der Waals surface area contributed by atoms with E-state index in [0.29, 0.717) is 17.3 Å². The topological polar surface area (TPSA) is 41.1 Å². The number of rotatable bonds is 5. The van der Waals surface area contributed by atoms with E-state index in [0.717, 1.165) is 12.2 Å². The minimum absolute atomic E-state index is 0.0152. The van der Waals surface area contributed by atoms with Gasteiger partial charge in [0.2, 0.25) is 0 Å². The summed E-state index contributed by atoms with van der Waals surface area (Å²) in [5.41, 5.74) is 0. The summed E-state index contributed by atoms with van der Waals surface area (Å²) in [6, 6.07) is 0.750. The minimum atomic E-state index is 0.0152. The minimum Gasteiger partial charge on any atom is -0.332 e. The van der Waals surface area contributed by atoms with Crippen molar-refractivity contribution >= 4 is 17.8 Å². The van der Waals surface area contributed by atoms with Crippen LogP contribution in [0.1, 0.15) is 25.7 Å². The molecule has 0 spiro atoms. The molecule has 15 heavy (non-hydrogen) atoms. The maximum atomic E-state index is 11.1. The number of thioether (sulfide) groups is 1. The number of fused-ring (bicyclic) bond motifs is 1. The van der Waals surface area contributed by atoms with Crippen LogP contribution in [-0.2, 0) is 0 Å². The van der Waals surface area contributed by atoms with E-state index in [2.05, 4.69) is 17.2 Å². The van der Waals surface area contributed by atoms with E-state index >= 15 is 0 Å². The summed E-state index contributed by atoms with van der Waals surface area (Å²) in [6.07, 6.45) is 6.75. The highest BCUT2D eigenvalue weighted by atomic mass is 32.2. The lowest BCUT2D eigenvalue weighted by atomic mass is 10.0. The van der Waals surface area contributed by atoms with E-state index in [1.54, 1.807) is 0 Å². The zero-order chi connectivity index (χ0) is 10.7. The summed E-state index contributed by atoms with van der Waals surface area (Å²) < 4.78 is 0. The van der Waals surface area contributed by atoms with Crippen molar-refractivity contribution in [2.75, 3.05) is 5.75 Å². The van der Waals surface area contributed by atoms with Crippen LogP contribution in [-0.4, -0.2) is 29.1 Å². The van der Waals surface area contributed by atoms with Crippen molar-refractivity contribution in [3.8, 4) is 0 Å². The first kappa shape index (κ1) is 10.9. The molecular weight excluding hydrogens is 208 g/mol. The molecule has 0 aromatic rings. The molecule has 0 aliphatic carbocycles. The van der Waals surface area contributed by atoms with Gasteiger partial charge in [0, 0.05) is 11.0 Å². The number of urea groups is 1. The van der Waals surface area contributed by atoms with Gasteiger partial charge in [-0.1, -0.05) is 12.5 Å². The van der Waals surface area contributed by atoms with Crippen LogP contribution in [0, 0.1) is 0 Å². The zero-order valence-corrected chi connectivity index (χ0v) is 9.69. The fourth-order valence-corrected chi connectivity index (χ4v) is 3.82. The van der Waals surface area contributed by atoms with Crippen molar-refractivity contribution in [2.45, 2.75) is 43.0 Å². The third-order valence-corrected chi connectivity index (χ3v) is 4.59. The Balaban J connectivity index is 1.74. The molecule has 0 saturated carbocycles. The lowest BCUT2D eigenvalue weighted by Gasteiger charge is -2.16. The molecule has 4 heteroatoms. The van der Waals surface area contributed by atoms with E-state index in [1.165, 1.54) is 19.3 Å². The van der Waals surface area contributed by atoms with Gasteiger partial charge in [0.15, 0.2) is 0 Å². The Morgan fingerprint density at radius 3 is 3.13 bits per heavy atom. The first-order valence-corrected chi connectivity index (χ1v) is 6.65. The lowest BCUT2D eigenvalue weighted by Crippen LogP contribution is -2.36. The Kier molecular flexibility index (Phi) is 3.57. The molecule has 2 amide bonds. The van der Waals surface area contributed by atoms with Crippen molar-refractivity contribution in [1.29, 1.82) is 0 Å². The first-order chi connectivity index (χ1) is 7.31. The van der Waals surface area contributed by atoms with Crippen LogP contribution in [0.5, 0.6) is 0 Å². The van der Waals surface area contributed by atoms with Crippen molar-refractivity contribution in [1.82, 2.24) is 10.6 Å². The Morgan fingerprint density at radius 2 is 2.33 bits per heavy atom. The average Bonchev–Trinajstić information content (AvgIpc) is 2.73. The van der Waals surface area contributed by atoms with Gasteiger partial charge < -0.3 is 10.6 Å². The predicted molar refractivity (Wildman–Crippen MR) is 64.2 cm³/mol. The number of carbonyl (C=O) groups is 1. The molecular formula is C11H18N2OS. The van der Waals surface area contributed by atoms with Gasteiger partial charge in [-0.3, -0.25) is 0 Å². The molecule has 2 N–H and O–H groups in total. The molecule has 2 rings (SSSR count). The molecule has 3 atom stereocenters. The van der Waals surface area contributed by atoms with Crippen molar-refractivity contribution < 1.29 is 4.79 Å². The summed E-state index contributed by atoms with van der Waals surface area (Å²) in [4.78, 5) is 11.1. The molecule has 2 aliphatic rings. The molecule has 3 unspecified atom stereocenters. The zero-order valence-electron chi connectivity index (χ0n) is 8.87. The monoisotopic (exact) mass is 226 g/mol. The van der Waals surface area contributed by atoms with E-state index < -0.39 is 0 Å². The fourth-order valence-electron chi connectivity index (χ4n) is 2.28. The first-order valence-electron chi connectivity index (χ1n) is 5.61. The maximum Gasteiger partial charge on any atom is 0.315 e. The van der Waals surface area contributed by atoms with Crippen molar-refractivity contribution in [3.05, 3.63) is 12.7 Å². The van der Waals surface area contributed by atoms with Crippen LogP contribution in [0.4, 0.5) is 4.79 Å². The Labute approximate surface area is 95.1 Å². The summed E-state index contributed by atoms with van der Waals surface area (Å²) in [7, 11) is 0. The number of unbranched alkanes of at least 4 members (excludes halogenated alkanes) is 2. The summed E-state index contributed by atoms with van der Waals surface area (Å²) in [6.45, 7) is 3.72. The number of hydrogen-bond acceptors (Lipinski definition) is 2. The molecule has 84 valence electrons. The van der Waals surface area contributed by atoms with Crippen molar-refractivity contribution in [2.24, 2.45) is 0 Å². The van der Waals surface area contributed by atoms with E-state index in [4.69, 9.17) is 0 Å². The molecule has 0 aromatic carbocycles. The van der Waals surface area contributed by atoms with E-state index in [-0.39, 0.29) is 6.03 Å². The van der Waals surface area contributed by atoms with Gasteiger partial charge in [-0.25, -0.2) is 4.79 Å². The number of allylic oxidation sites excluding steroid dienone is 1. The van der Waals surface area contributed by atoms with Gasteiger partial charge in [-0.05, 0) is 19.3 Å². The van der Waals surface area contributed by atoms with E-state index in [1.807, 2.05) is 17.8 Å². The Hall–Kier alpha value is -0.640. The SMILES string of the molecule is C=CCCCCC1SCC2NC(=O)NC21. The second-order valence-electron chi connectivity index (χ2n) is 4.19. The largest absolute Gasteiger partial charge is 0.332 e. The Bertz CT molecular complexity index is 257. The molecule has 2 aliphatic heterocycles.